The third-order valence-electron chi connectivity index (χ3n) is 5.51. The summed E-state index contributed by atoms with van der Waals surface area (Å²) < 4.78 is 66.0. The number of rotatable bonds is 10. The number of alkyl halides is 3. The molecule has 37 heavy (non-hydrogen) atoms. The molecule has 0 saturated heterocycles. The number of nitrogens with one attached hydrogen (secondary N) is 1. The van der Waals surface area contributed by atoms with E-state index >= 15 is 0 Å². The van der Waals surface area contributed by atoms with Crippen molar-refractivity contribution in [2.45, 2.75) is 46.5 Å². The Bertz CT molecular complexity index is 1240. The Morgan fingerprint density at radius 1 is 1.08 bits per heavy atom. The second-order valence-corrected chi connectivity index (χ2v) is 11.6. The van der Waals surface area contributed by atoms with Crippen LogP contribution in [0.5, 0.6) is 0 Å². The molecule has 0 aliphatic rings. The highest BCUT2D eigenvalue weighted by atomic mass is 35.5. The minimum atomic E-state index is -4.83. The first kappa shape index (κ1) is 30.4. The molecule has 2 rings (SSSR count). The molecule has 2 aromatic carbocycles. The van der Waals surface area contributed by atoms with Crippen molar-refractivity contribution in [1.82, 2.24) is 10.2 Å². The topological polar surface area (TPSA) is 86.8 Å². The van der Waals surface area contributed by atoms with Gasteiger partial charge in [0.25, 0.3) is 0 Å². The Labute approximate surface area is 220 Å². The molecule has 0 unspecified atom stereocenters. The molecular weight excluding hydrogens is 531 g/mol. The number of amides is 2. The molecular formula is C25H31ClF3N3O4S. The van der Waals surface area contributed by atoms with Gasteiger partial charge in [-0.2, -0.15) is 13.2 Å². The Kier molecular flexibility index (Phi) is 10.0. The molecule has 1 N–H and O–H groups in total. The Hall–Kier alpha value is -2.79. The Balaban J connectivity index is 2.46. The maximum Gasteiger partial charge on any atom is 0.417 e. The molecule has 0 radical (unpaired) electrons. The maximum atomic E-state index is 13.5. The van der Waals surface area contributed by atoms with Gasteiger partial charge in [0.1, 0.15) is 12.6 Å². The molecule has 12 heteroatoms. The summed E-state index contributed by atoms with van der Waals surface area (Å²) in [6.07, 6.45) is -4.05. The molecule has 0 saturated carbocycles. The first-order valence-electron chi connectivity index (χ1n) is 11.5. The van der Waals surface area contributed by atoms with Crippen LogP contribution in [0.15, 0.2) is 42.5 Å². The van der Waals surface area contributed by atoms with E-state index in [0.29, 0.717) is 22.5 Å². The van der Waals surface area contributed by atoms with Crippen molar-refractivity contribution in [1.29, 1.82) is 0 Å². The number of nitrogens with zero attached hydrogens (tertiary/aromatic N) is 2. The van der Waals surface area contributed by atoms with Crippen LogP contribution in [0.25, 0.3) is 0 Å². The van der Waals surface area contributed by atoms with Crippen molar-refractivity contribution in [2.75, 3.05) is 23.7 Å². The van der Waals surface area contributed by atoms with E-state index in [0.717, 1.165) is 24.0 Å². The fraction of sp³-hybridized carbons (Fsp3) is 0.440. The molecule has 0 aliphatic heterocycles. The van der Waals surface area contributed by atoms with E-state index in [2.05, 4.69) is 5.32 Å². The van der Waals surface area contributed by atoms with Gasteiger partial charge in [0.05, 0.1) is 22.5 Å². The van der Waals surface area contributed by atoms with Gasteiger partial charge < -0.3 is 10.2 Å². The second kappa shape index (κ2) is 12.2. The van der Waals surface area contributed by atoms with Gasteiger partial charge in [0.15, 0.2) is 0 Å². The number of halogens is 4. The summed E-state index contributed by atoms with van der Waals surface area (Å²) in [6.45, 7) is 6.74. The van der Waals surface area contributed by atoms with Crippen molar-refractivity contribution in [2.24, 2.45) is 5.92 Å². The van der Waals surface area contributed by atoms with Crippen molar-refractivity contribution in [3.05, 3.63) is 64.2 Å². The molecule has 204 valence electrons. The molecule has 0 fully saturated rings. The number of sulfonamides is 1. The number of carbonyl (C=O) groups is 2. The summed E-state index contributed by atoms with van der Waals surface area (Å²) in [5, 5.41) is 2.15. The summed E-state index contributed by atoms with van der Waals surface area (Å²) >= 11 is 5.68. The minimum Gasteiger partial charge on any atom is -0.354 e. The highest BCUT2D eigenvalue weighted by Crippen LogP contribution is 2.37. The lowest BCUT2D eigenvalue weighted by molar-refractivity contribution is -0.139. The van der Waals surface area contributed by atoms with Gasteiger partial charge in [-0.3, -0.25) is 13.9 Å². The number of benzene rings is 2. The summed E-state index contributed by atoms with van der Waals surface area (Å²) in [5.41, 5.74) is 0.0137. The van der Waals surface area contributed by atoms with E-state index < -0.39 is 51.2 Å². The average Bonchev–Trinajstić information content (AvgIpc) is 2.77. The zero-order valence-corrected chi connectivity index (χ0v) is 22.8. The smallest absolute Gasteiger partial charge is 0.354 e. The van der Waals surface area contributed by atoms with Gasteiger partial charge in [-0.15, -0.1) is 0 Å². The summed E-state index contributed by atoms with van der Waals surface area (Å²) in [5.74, 6) is -1.04. The average molecular weight is 562 g/mol. The predicted molar refractivity (Wildman–Crippen MR) is 138 cm³/mol. The van der Waals surface area contributed by atoms with E-state index in [1.54, 1.807) is 12.1 Å². The zero-order chi connectivity index (χ0) is 28.1. The van der Waals surface area contributed by atoms with Crippen LogP contribution in [0.2, 0.25) is 5.02 Å². The minimum absolute atomic E-state index is 0.0111. The van der Waals surface area contributed by atoms with E-state index in [1.807, 2.05) is 32.9 Å². The lowest BCUT2D eigenvalue weighted by Crippen LogP contribution is -2.51. The fourth-order valence-electron chi connectivity index (χ4n) is 3.54. The number of carbonyl (C=O) groups excluding carboxylic acids is 2. The lowest BCUT2D eigenvalue weighted by Gasteiger charge is -2.32. The second-order valence-electron chi connectivity index (χ2n) is 9.26. The third kappa shape index (κ3) is 8.63. The lowest BCUT2D eigenvalue weighted by atomic mass is 10.1. The van der Waals surface area contributed by atoms with Crippen molar-refractivity contribution in [3.8, 4) is 0 Å². The normalized spacial score (nSPS) is 12.8. The van der Waals surface area contributed by atoms with Gasteiger partial charge in [-0.05, 0) is 43.5 Å². The summed E-state index contributed by atoms with van der Waals surface area (Å²) in [7, 11) is -4.19. The van der Waals surface area contributed by atoms with Crippen LogP contribution in [0, 0.1) is 12.8 Å². The molecule has 2 aromatic rings. The van der Waals surface area contributed by atoms with Crippen molar-refractivity contribution < 1.29 is 31.2 Å². The molecule has 1 atom stereocenters. The molecule has 2 amide bonds. The van der Waals surface area contributed by atoms with Gasteiger partial charge in [0.2, 0.25) is 21.8 Å². The van der Waals surface area contributed by atoms with Crippen LogP contribution in [0.3, 0.4) is 0 Å². The van der Waals surface area contributed by atoms with E-state index in [1.165, 1.54) is 11.8 Å². The summed E-state index contributed by atoms with van der Waals surface area (Å²) in [4.78, 5) is 27.5. The highest BCUT2D eigenvalue weighted by molar-refractivity contribution is 7.92. The largest absolute Gasteiger partial charge is 0.417 e. The van der Waals surface area contributed by atoms with Crippen LogP contribution in [0.4, 0.5) is 18.9 Å². The SMILES string of the molecule is Cc1cccc(CN(C(=O)CN(c2ccc(Cl)c(C(F)(F)F)c2)S(C)(=O)=O)[C@@H](C)C(=O)NCC(C)C)c1. The highest BCUT2D eigenvalue weighted by Gasteiger charge is 2.35. The molecule has 0 aromatic heterocycles. The van der Waals surface area contributed by atoms with Gasteiger partial charge in [-0.25, -0.2) is 8.42 Å². The first-order valence-corrected chi connectivity index (χ1v) is 13.7. The van der Waals surface area contributed by atoms with E-state index in [-0.39, 0.29) is 18.2 Å². The third-order valence-corrected chi connectivity index (χ3v) is 6.98. The van der Waals surface area contributed by atoms with Gasteiger partial charge in [-0.1, -0.05) is 55.3 Å². The van der Waals surface area contributed by atoms with Crippen molar-refractivity contribution >= 4 is 39.1 Å². The van der Waals surface area contributed by atoms with Crippen LogP contribution in [0.1, 0.15) is 37.5 Å². The maximum absolute atomic E-state index is 13.5. The van der Waals surface area contributed by atoms with Crippen LogP contribution in [-0.2, 0) is 32.3 Å². The number of hydrogen-bond donors (Lipinski definition) is 1. The zero-order valence-electron chi connectivity index (χ0n) is 21.3. The molecule has 0 bridgehead atoms. The molecule has 0 spiro atoms. The number of anilines is 1. The molecule has 0 aliphatic carbocycles. The Morgan fingerprint density at radius 3 is 2.27 bits per heavy atom. The van der Waals surface area contributed by atoms with E-state index in [4.69, 9.17) is 11.6 Å². The monoisotopic (exact) mass is 561 g/mol. The Morgan fingerprint density at radius 2 is 1.73 bits per heavy atom. The van der Waals surface area contributed by atoms with E-state index in [9.17, 15) is 31.2 Å². The fourth-order valence-corrected chi connectivity index (χ4v) is 4.61. The standard InChI is InChI=1S/C25H31ClF3N3O4S/c1-16(2)13-30-24(34)18(4)31(14-19-8-6-7-17(3)11-19)23(33)15-32(37(5,35)36)20-9-10-22(26)21(12-20)25(27,28)29/h6-12,16,18H,13-15H2,1-5H3,(H,30,34)/t18-/m0/s1. The van der Waals surface area contributed by atoms with Crippen LogP contribution < -0.4 is 9.62 Å². The quantitative estimate of drug-likeness (QED) is 0.458. The van der Waals surface area contributed by atoms with Gasteiger partial charge >= 0.3 is 6.18 Å². The number of aryl methyl sites for hydroxylation is 1. The van der Waals surface area contributed by atoms with Crippen molar-refractivity contribution in [3.63, 3.8) is 0 Å². The van der Waals surface area contributed by atoms with Gasteiger partial charge in [0, 0.05) is 13.1 Å². The molecule has 7 nitrogen and oxygen atoms in total. The summed E-state index contributed by atoms with van der Waals surface area (Å²) in [6, 6.07) is 8.84. The molecule has 0 heterocycles. The predicted octanol–water partition coefficient (Wildman–Crippen LogP) is 4.62. The first-order chi connectivity index (χ1) is 17.0. The number of hydrogen-bond acceptors (Lipinski definition) is 4. The van der Waals surface area contributed by atoms with Crippen LogP contribution in [-0.4, -0.2) is 50.5 Å². The van der Waals surface area contributed by atoms with Crippen LogP contribution >= 0.6 is 11.6 Å².